The summed E-state index contributed by atoms with van der Waals surface area (Å²) in [6.45, 7) is 4.28. The quantitative estimate of drug-likeness (QED) is 0.0548. The fourth-order valence-electron chi connectivity index (χ4n) is 9.68. The predicted octanol–water partition coefficient (Wildman–Crippen LogP) is 7.81. The van der Waals surface area contributed by atoms with Gasteiger partial charge in [-0.25, -0.2) is 0 Å². The van der Waals surface area contributed by atoms with Gasteiger partial charge in [0.25, 0.3) is 0 Å². The van der Waals surface area contributed by atoms with E-state index in [1.54, 1.807) is 12.1 Å². The van der Waals surface area contributed by atoms with Gasteiger partial charge >= 0.3 is 0 Å². The molecule has 0 saturated heterocycles. The number of hydrogen-bond donors (Lipinski definition) is 6. The van der Waals surface area contributed by atoms with Gasteiger partial charge in [-0.3, -0.25) is 9.80 Å². The van der Waals surface area contributed by atoms with E-state index >= 15 is 0 Å². The van der Waals surface area contributed by atoms with Gasteiger partial charge in [0.1, 0.15) is 11.5 Å². The molecular formula is C48H60N10O2. The number of phenolic OH excluding ortho intramolecular Hbond substituents is 2. The minimum atomic E-state index is 0.158. The lowest BCUT2D eigenvalue weighted by Gasteiger charge is -2.31. The Morgan fingerprint density at radius 1 is 0.433 bits per heavy atom. The number of fused-ring (bicyclic) bond motifs is 4. The molecule has 4 aliphatic rings. The zero-order chi connectivity index (χ0) is 41.3. The van der Waals surface area contributed by atoms with Gasteiger partial charge in [-0.05, 0) is 86.3 Å². The molecule has 0 spiro atoms. The third-order valence-electron chi connectivity index (χ3n) is 13.2. The van der Waals surface area contributed by atoms with E-state index in [-0.39, 0.29) is 36.2 Å². The van der Waals surface area contributed by atoms with Crippen LogP contribution < -0.4 is 40.9 Å². The van der Waals surface area contributed by atoms with Crippen molar-refractivity contribution in [3.05, 3.63) is 120 Å². The average Bonchev–Trinajstić information content (AvgIpc) is 3.98. The Hall–Kier alpha value is -5.98. The molecule has 5 aromatic rings. The molecule has 12 heteroatoms. The van der Waals surface area contributed by atoms with Crippen LogP contribution in [0, 0.1) is 0 Å². The van der Waals surface area contributed by atoms with Crippen LogP contribution in [0.1, 0.15) is 36.8 Å². The highest BCUT2D eigenvalue weighted by Gasteiger charge is 2.31. The standard InChI is InChI=1S/C48H60N10O2/c1-53-40-17-9-5-13-36(40)49-44(53)21-25-57(26-22-45-50-37-14-6-10-18-41(37)54(45)2)31-33-29-35(59)30-34(48(33)60)32-58(27-23-46-51-38-15-7-11-19-42(38)55(46)3)28-24-47-52-39-16-8-12-20-43(39)56(47)4/h5-20,29-30,44-47,49-52,59-60H,21-28,31-32H2,1-4H3. The number of nitrogens with one attached hydrogen (secondary N) is 4. The monoisotopic (exact) mass is 808 g/mol. The molecule has 0 aliphatic carbocycles. The van der Waals surface area contributed by atoms with E-state index in [0.717, 1.165) is 85.7 Å². The molecule has 0 aromatic heterocycles. The van der Waals surface area contributed by atoms with E-state index in [1.807, 2.05) is 0 Å². The van der Waals surface area contributed by atoms with Crippen molar-refractivity contribution >= 4 is 45.5 Å². The summed E-state index contributed by atoms with van der Waals surface area (Å²) >= 11 is 0. The van der Waals surface area contributed by atoms with Crippen LogP contribution in [0.3, 0.4) is 0 Å². The van der Waals surface area contributed by atoms with Gasteiger partial charge in [0.2, 0.25) is 0 Å². The normalized spacial score (nSPS) is 19.8. The summed E-state index contributed by atoms with van der Waals surface area (Å²) in [7, 11) is 8.61. The molecule has 4 atom stereocenters. The number of nitrogens with zero attached hydrogens (tertiary/aromatic N) is 6. The molecule has 0 bridgehead atoms. The van der Waals surface area contributed by atoms with Crippen LogP contribution in [0.4, 0.5) is 45.5 Å². The van der Waals surface area contributed by atoms with Gasteiger partial charge in [0.05, 0.1) is 70.2 Å². The van der Waals surface area contributed by atoms with Crippen LogP contribution >= 0.6 is 0 Å². The molecule has 4 heterocycles. The highest BCUT2D eigenvalue weighted by Crippen LogP contribution is 2.38. The maximum Gasteiger partial charge on any atom is 0.124 e. The zero-order valence-electron chi connectivity index (χ0n) is 35.4. The summed E-state index contributed by atoms with van der Waals surface area (Å²) in [6, 6.07) is 37.4. The molecule has 5 aromatic carbocycles. The summed E-state index contributed by atoms with van der Waals surface area (Å²) in [4.78, 5) is 14.2. The fraction of sp³-hybridized carbons (Fsp3) is 0.375. The third kappa shape index (κ3) is 8.01. The SMILES string of the molecule is CN1c2ccccc2NC1CCN(CCC1Nc2ccccc2N1C)Cc1cc(O)cc(CN(CCC2Nc3ccccc3N2C)CCC2Nc3ccccc3N2C)c1O. The lowest BCUT2D eigenvalue weighted by Crippen LogP contribution is -2.40. The second-order valence-electron chi connectivity index (χ2n) is 17.0. The van der Waals surface area contributed by atoms with Gasteiger partial charge < -0.3 is 51.1 Å². The number of hydrogen-bond acceptors (Lipinski definition) is 12. The molecular weight excluding hydrogens is 749 g/mol. The maximum atomic E-state index is 12.1. The molecule has 4 aliphatic heterocycles. The summed E-state index contributed by atoms with van der Waals surface area (Å²) in [5.74, 6) is 0.445. The van der Waals surface area contributed by atoms with Gasteiger partial charge in [-0.15, -0.1) is 0 Å². The van der Waals surface area contributed by atoms with Gasteiger partial charge in [-0.2, -0.15) is 0 Å². The molecule has 0 saturated carbocycles. The first kappa shape index (κ1) is 39.5. The molecule has 12 nitrogen and oxygen atoms in total. The van der Waals surface area contributed by atoms with Crippen molar-refractivity contribution in [3.63, 3.8) is 0 Å². The minimum Gasteiger partial charge on any atom is -0.508 e. The molecule has 0 radical (unpaired) electrons. The number of para-hydroxylation sites is 8. The first-order valence-electron chi connectivity index (χ1n) is 21.5. The first-order valence-corrected chi connectivity index (χ1v) is 21.5. The first-order chi connectivity index (χ1) is 29.2. The van der Waals surface area contributed by atoms with Gasteiger partial charge in [0.15, 0.2) is 0 Å². The second-order valence-corrected chi connectivity index (χ2v) is 17.0. The van der Waals surface area contributed by atoms with Crippen molar-refractivity contribution in [2.45, 2.75) is 63.4 Å². The van der Waals surface area contributed by atoms with E-state index in [2.05, 4.69) is 176 Å². The van der Waals surface area contributed by atoms with E-state index in [0.29, 0.717) is 13.1 Å². The van der Waals surface area contributed by atoms with Crippen molar-refractivity contribution < 1.29 is 10.2 Å². The lowest BCUT2D eigenvalue weighted by atomic mass is 10.1. The van der Waals surface area contributed by atoms with E-state index in [9.17, 15) is 10.2 Å². The van der Waals surface area contributed by atoms with E-state index < -0.39 is 0 Å². The molecule has 6 N–H and O–H groups in total. The number of anilines is 8. The van der Waals surface area contributed by atoms with Crippen molar-refractivity contribution in [3.8, 4) is 11.5 Å². The van der Waals surface area contributed by atoms with Crippen LogP contribution in [-0.4, -0.2) is 99.0 Å². The van der Waals surface area contributed by atoms with Crippen molar-refractivity contribution in [1.82, 2.24) is 9.80 Å². The molecule has 314 valence electrons. The summed E-state index contributed by atoms with van der Waals surface area (Å²) in [5, 5.41) is 38.3. The lowest BCUT2D eigenvalue weighted by molar-refractivity contribution is 0.239. The van der Waals surface area contributed by atoms with Crippen molar-refractivity contribution in [1.29, 1.82) is 0 Å². The Kier molecular flexibility index (Phi) is 11.1. The summed E-state index contributed by atoms with van der Waals surface area (Å²) in [6.07, 6.45) is 4.19. The largest absolute Gasteiger partial charge is 0.508 e. The molecule has 0 fully saturated rings. The number of phenols is 2. The van der Waals surface area contributed by atoms with Crippen molar-refractivity contribution in [2.75, 3.05) is 95.2 Å². The Balaban J connectivity index is 0.921. The van der Waals surface area contributed by atoms with E-state index in [4.69, 9.17) is 0 Å². The van der Waals surface area contributed by atoms with Crippen molar-refractivity contribution in [2.24, 2.45) is 0 Å². The van der Waals surface area contributed by atoms with E-state index in [1.165, 1.54) is 22.7 Å². The predicted molar refractivity (Wildman–Crippen MR) is 248 cm³/mol. The zero-order valence-corrected chi connectivity index (χ0v) is 35.4. The van der Waals surface area contributed by atoms with Gasteiger partial charge in [-0.1, -0.05) is 48.5 Å². The maximum absolute atomic E-state index is 12.1. The summed E-state index contributed by atoms with van der Waals surface area (Å²) < 4.78 is 0. The Morgan fingerprint density at radius 2 is 0.700 bits per heavy atom. The number of rotatable bonds is 16. The average molecular weight is 809 g/mol. The highest BCUT2D eigenvalue weighted by atomic mass is 16.3. The fourth-order valence-corrected chi connectivity index (χ4v) is 9.68. The topological polar surface area (TPSA) is 108 Å². The van der Waals surface area contributed by atoms with Crippen LogP contribution in [0.15, 0.2) is 109 Å². The third-order valence-corrected chi connectivity index (χ3v) is 13.2. The number of benzene rings is 5. The summed E-state index contributed by atoms with van der Waals surface area (Å²) in [5.41, 5.74) is 11.0. The van der Waals surface area contributed by atoms with Crippen LogP contribution in [0.5, 0.6) is 11.5 Å². The molecule has 60 heavy (non-hydrogen) atoms. The Bertz CT molecular complexity index is 2010. The molecule has 0 amide bonds. The highest BCUT2D eigenvalue weighted by molar-refractivity contribution is 5.78. The minimum absolute atomic E-state index is 0.158. The van der Waals surface area contributed by atoms with Gasteiger partial charge in [0, 0.05) is 78.6 Å². The van der Waals surface area contributed by atoms with Crippen LogP contribution in [-0.2, 0) is 13.1 Å². The van der Waals surface area contributed by atoms with Crippen LogP contribution in [0.2, 0.25) is 0 Å². The molecule has 4 unspecified atom stereocenters. The Labute approximate surface area is 355 Å². The van der Waals surface area contributed by atoms with Crippen LogP contribution in [0.25, 0.3) is 0 Å². The smallest absolute Gasteiger partial charge is 0.124 e. The molecule has 9 rings (SSSR count). The number of aromatic hydroxyl groups is 2. The Morgan fingerprint density at radius 3 is 0.967 bits per heavy atom. The second kappa shape index (κ2) is 16.9.